The van der Waals surface area contributed by atoms with E-state index in [2.05, 4.69) is 28.8 Å². The van der Waals surface area contributed by atoms with Crippen molar-refractivity contribution in [2.75, 3.05) is 38.5 Å². The predicted molar refractivity (Wildman–Crippen MR) is 128 cm³/mol. The van der Waals surface area contributed by atoms with Crippen molar-refractivity contribution < 1.29 is 13.2 Å². The Hall–Kier alpha value is -1.07. The fraction of sp³-hybridized carbons (Fsp3) is 0.650. The largest absolute Gasteiger partial charge is 0.493 e. The first-order chi connectivity index (χ1) is 13.5. The Bertz CT molecular complexity index is 793. The van der Waals surface area contributed by atoms with Crippen molar-refractivity contribution in [3.63, 3.8) is 0 Å². The lowest BCUT2D eigenvalue weighted by atomic mass is 10.1. The second-order valence-electron chi connectivity index (χ2n) is 7.27. The molecule has 1 fully saturated rings. The van der Waals surface area contributed by atoms with Crippen LogP contribution in [0.2, 0.25) is 0 Å². The Kier molecular flexibility index (Phi) is 9.48. The molecule has 9 heteroatoms. The summed E-state index contributed by atoms with van der Waals surface area (Å²) in [7, 11) is -3.08. The number of nitrogens with zero attached hydrogens (tertiary/aromatic N) is 2. The van der Waals surface area contributed by atoms with E-state index >= 15 is 0 Å². The molecule has 2 N–H and O–H groups in total. The van der Waals surface area contributed by atoms with Gasteiger partial charge in [0.25, 0.3) is 0 Å². The first-order valence-corrected chi connectivity index (χ1v) is 11.9. The highest BCUT2D eigenvalue weighted by molar-refractivity contribution is 14.0. The number of aliphatic imine (C=N–C) groups is 1. The quantitative estimate of drug-likeness (QED) is 0.317. The molecule has 3 rings (SSSR count). The minimum Gasteiger partial charge on any atom is -0.493 e. The van der Waals surface area contributed by atoms with Crippen LogP contribution >= 0.6 is 24.0 Å². The van der Waals surface area contributed by atoms with Gasteiger partial charge in [-0.3, -0.25) is 4.99 Å². The zero-order chi connectivity index (χ0) is 20.0. The maximum absolute atomic E-state index is 12.0. The van der Waals surface area contributed by atoms with Gasteiger partial charge in [-0.15, -0.1) is 24.0 Å². The van der Waals surface area contributed by atoms with Gasteiger partial charge in [-0.1, -0.05) is 12.1 Å². The van der Waals surface area contributed by atoms with Gasteiger partial charge in [0, 0.05) is 38.6 Å². The highest BCUT2D eigenvalue weighted by Crippen LogP contribution is 2.26. The Labute approximate surface area is 191 Å². The van der Waals surface area contributed by atoms with Crippen molar-refractivity contribution in [2.45, 2.75) is 45.6 Å². The van der Waals surface area contributed by atoms with Crippen LogP contribution in [0.15, 0.2) is 23.2 Å². The molecule has 1 aromatic rings. The fourth-order valence-corrected chi connectivity index (χ4v) is 4.80. The topological polar surface area (TPSA) is 83.0 Å². The number of piperidine rings is 1. The molecule has 1 aromatic carbocycles. The molecule has 164 valence electrons. The van der Waals surface area contributed by atoms with Gasteiger partial charge in [0.1, 0.15) is 5.75 Å². The molecule has 1 saturated heterocycles. The van der Waals surface area contributed by atoms with E-state index in [1.807, 2.05) is 6.92 Å². The number of ether oxygens (including phenoxy) is 1. The summed E-state index contributed by atoms with van der Waals surface area (Å²) in [5, 5.41) is 6.77. The zero-order valence-electron chi connectivity index (χ0n) is 17.3. The molecule has 0 spiro atoms. The molecule has 0 bridgehead atoms. The van der Waals surface area contributed by atoms with E-state index in [9.17, 15) is 8.42 Å². The smallest absolute Gasteiger partial charge is 0.213 e. The molecule has 0 saturated carbocycles. The highest BCUT2D eigenvalue weighted by atomic mass is 127. The second-order valence-corrected chi connectivity index (χ2v) is 9.53. The van der Waals surface area contributed by atoms with E-state index in [0.29, 0.717) is 19.6 Å². The Morgan fingerprint density at radius 3 is 2.72 bits per heavy atom. The highest BCUT2D eigenvalue weighted by Gasteiger charge is 2.27. The van der Waals surface area contributed by atoms with Crippen LogP contribution in [0.4, 0.5) is 0 Å². The molecule has 7 nitrogen and oxygen atoms in total. The maximum atomic E-state index is 12.0. The van der Waals surface area contributed by atoms with Gasteiger partial charge in [-0.25, -0.2) is 12.7 Å². The zero-order valence-corrected chi connectivity index (χ0v) is 20.5. The molecule has 0 unspecified atom stereocenters. The third-order valence-corrected chi connectivity index (χ3v) is 7.20. The summed E-state index contributed by atoms with van der Waals surface area (Å²) in [6.07, 6.45) is 3.48. The van der Waals surface area contributed by atoms with Crippen LogP contribution in [0.1, 0.15) is 37.8 Å². The van der Waals surface area contributed by atoms with Gasteiger partial charge < -0.3 is 15.4 Å². The normalized spacial score (nSPS) is 17.9. The van der Waals surface area contributed by atoms with Crippen LogP contribution in [-0.4, -0.2) is 63.3 Å². The molecule has 2 aliphatic rings. The molecule has 2 aliphatic heterocycles. The molecule has 0 aliphatic carbocycles. The Morgan fingerprint density at radius 2 is 2.03 bits per heavy atom. The summed E-state index contributed by atoms with van der Waals surface area (Å²) >= 11 is 0. The van der Waals surface area contributed by atoms with Gasteiger partial charge in [0.2, 0.25) is 10.0 Å². The lowest BCUT2D eigenvalue weighted by Gasteiger charge is -2.32. The van der Waals surface area contributed by atoms with E-state index in [4.69, 9.17) is 9.73 Å². The van der Waals surface area contributed by atoms with Gasteiger partial charge in [-0.2, -0.15) is 0 Å². The standard InChI is InChI=1S/C20H32N4O3S.HI/c1-3-21-20(23-18-8-12-24(13-9-18)28(25,26)4-2)22-11-7-16-5-6-19-17(15-16)10-14-27-19;/h5-6,15,18H,3-4,7-14H2,1-2H3,(H2,21,22,23);1H. The molecule has 29 heavy (non-hydrogen) atoms. The van der Waals surface area contributed by atoms with Crippen LogP contribution < -0.4 is 15.4 Å². The van der Waals surface area contributed by atoms with E-state index in [1.54, 1.807) is 11.2 Å². The SMILES string of the molecule is CCNC(=NCCc1ccc2c(c1)CCO2)NC1CCN(S(=O)(=O)CC)CC1.I. The first-order valence-electron chi connectivity index (χ1n) is 10.3. The molecule has 0 aromatic heterocycles. The summed E-state index contributed by atoms with van der Waals surface area (Å²) in [5.74, 6) is 1.99. The van der Waals surface area contributed by atoms with Crippen molar-refractivity contribution >= 4 is 40.0 Å². The number of nitrogens with one attached hydrogen (secondary N) is 2. The van der Waals surface area contributed by atoms with E-state index in [0.717, 1.165) is 50.5 Å². The number of halogens is 1. The van der Waals surface area contributed by atoms with Gasteiger partial charge in [0.05, 0.1) is 12.4 Å². The van der Waals surface area contributed by atoms with Gasteiger partial charge in [-0.05, 0) is 50.3 Å². The Morgan fingerprint density at radius 1 is 1.28 bits per heavy atom. The van der Waals surface area contributed by atoms with E-state index in [1.165, 1.54) is 11.1 Å². The molecular weight excluding hydrogens is 503 g/mol. The van der Waals surface area contributed by atoms with Crippen LogP contribution in [0.5, 0.6) is 5.75 Å². The second kappa shape index (κ2) is 11.4. The number of hydrogen-bond acceptors (Lipinski definition) is 4. The summed E-state index contributed by atoms with van der Waals surface area (Å²) in [6, 6.07) is 6.65. The third kappa shape index (κ3) is 6.71. The number of sulfonamides is 1. The summed E-state index contributed by atoms with van der Waals surface area (Å²) in [6.45, 7) is 7.18. The predicted octanol–water partition coefficient (Wildman–Crippen LogP) is 2.15. The van der Waals surface area contributed by atoms with Crippen LogP contribution in [0, 0.1) is 0 Å². The fourth-order valence-electron chi connectivity index (χ4n) is 3.67. The first kappa shape index (κ1) is 24.2. The lowest BCUT2D eigenvalue weighted by Crippen LogP contribution is -2.50. The monoisotopic (exact) mass is 536 g/mol. The molecular formula is C20H33IN4O3S. The molecule has 0 atom stereocenters. The van der Waals surface area contributed by atoms with Crippen molar-refractivity contribution in [3.05, 3.63) is 29.3 Å². The van der Waals surface area contributed by atoms with Crippen LogP contribution in [0.3, 0.4) is 0 Å². The summed E-state index contributed by atoms with van der Waals surface area (Å²) in [5.41, 5.74) is 2.57. The van der Waals surface area contributed by atoms with Crippen molar-refractivity contribution in [1.82, 2.24) is 14.9 Å². The van der Waals surface area contributed by atoms with E-state index < -0.39 is 10.0 Å². The van der Waals surface area contributed by atoms with Gasteiger partial charge >= 0.3 is 0 Å². The summed E-state index contributed by atoms with van der Waals surface area (Å²) < 4.78 is 31.2. The van der Waals surface area contributed by atoms with Gasteiger partial charge in [0.15, 0.2) is 5.96 Å². The van der Waals surface area contributed by atoms with Crippen LogP contribution in [0.25, 0.3) is 0 Å². The Balaban J connectivity index is 0.00000300. The third-order valence-electron chi connectivity index (χ3n) is 5.32. The molecule has 2 heterocycles. The maximum Gasteiger partial charge on any atom is 0.213 e. The minimum absolute atomic E-state index is 0. The molecule has 0 amide bonds. The number of hydrogen-bond donors (Lipinski definition) is 2. The summed E-state index contributed by atoms with van der Waals surface area (Å²) in [4.78, 5) is 4.71. The van der Waals surface area contributed by atoms with Crippen molar-refractivity contribution in [2.24, 2.45) is 4.99 Å². The minimum atomic E-state index is -3.08. The molecule has 0 radical (unpaired) electrons. The van der Waals surface area contributed by atoms with E-state index in [-0.39, 0.29) is 35.8 Å². The number of fused-ring (bicyclic) bond motifs is 1. The van der Waals surface area contributed by atoms with Crippen LogP contribution in [-0.2, 0) is 22.9 Å². The number of rotatable bonds is 7. The van der Waals surface area contributed by atoms with Crippen molar-refractivity contribution in [1.29, 1.82) is 0 Å². The number of benzene rings is 1. The average molecular weight is 536 g/mol. The lowest BCUT2D eigenvalue weighted by molar-refractivity contribution is 0.306. The average Bonchev–Trinajstić information content (AvgIpc) is 3.16. The number of guanidine groups is 1. The van der Waals surface area contributed by atoms with Crippen molar-refractivity contribution in [3.8, 4) is 5.75 Å².